The molecule has 2 N–H and O–H groups in total. The normalized spacial score (nSPS) is 10.6. The minimum atomic E-state index is -0.126. The van der Waals surface area contributed by atoms with Gasteiger partial charge >= 0.3 is 0 Å². The van der Waals surface area contributed by atoms with Crippen LogP contribution < -0.4 is 10.6 Å². The predicted molar refractivity (Wildman–Crippen MR) is 95.3 cm³/mol. The molecule has 0 aliphatic carbocycles. The molecule has 0 fully saturated rings. The average molecular weight is 311 g/mol. The molecule has 4 heteroatoms. The quantitative estimate of drug-likeness (QED) is 0.741. The molecule has 1 aromatic heterocycles. The highest BCUT2D eigenvalue weighted by Gasteiger charge is 2.09. The number of para-hydroxylation sites is 1. The molecule has 0 atom stereocenters. The highest BCUT2D eigenvalue weighted by atomic mass is 16.1. The molecule has 0 bridgehead atoms. The number of unbranched alkanes of at least 4 members (excludes halogenated alkanes) is 1. The number of hydrogen-bond donors (Lipinski definition) is 2. The van der Waals surface area contributed by atoms with Crippen LogP contribution in [-0.4, -0.2) is 17.4 Å². The summed E-state index contributed by atoms with van der Waals surface area (Å²) in [5.74, 6) is 0.302. The van der Waals surface area contributed by atoms with Gasteiger partial charge in [0.2, 0.25) is 0 Å². The maximum atomic E-state index is 12.1. The van der Waals surface area contributed by atoms with Crippen LogP contribution in [0, 0.1) is 0 Å². The topological polar surface area (TPSA) is 54.0 Å². The number of aromatic nitrogens is 1. The van der Waals surface area contributed by atoms with E-state index in [4.69, 9.17) is 0 Å². The van der Waals surface area contributed by atoms with Crippen LogP contribution in [0.4, 0.5) is 11.4 Å². The fourth-order valence-corrected chi connectivity index (χ4v) is 2.37. The first kappa shape index (κ1) is 17.0. The van der Waals surface area contributed by atoms with Crippen molar-refractivity contribution >= 4 is 17.3 Å². The van der Waals surface area contributed by atoms with Gasteiger partial charge in [-0.1, -0.05) is 45.4 Å². The van der Waals surface area contributed by atoms with Gasteiger partial charge in [0.25, 0.3) is 5.91 Å². The van der Waals surface area contributed by atoms with Crippen molar-refractivity contribution in [3.63, 3.8) is 0 Å². The molecule has 0 spiro atoms. The largest absolute Gasteiger partial charge is 0.355 e. The summed E-state index contributed by atoms with van der Waals surface area (Å²) in [4.78, 5) is 16.3. The number of pyridine rings is 1. The summed E-state index contributed by atoms with van der Waals surface area (Å²) in [6.45, 7) is 7.12. The van der Waals surface area contributed by atoms with Crippen LogP contribution in [0.3, 0.4) is 0 Å². The number of benzene rings is 1. The van der Waals surface area contributed by atoms with Crippen LogP contribution in [0.15, 0.2) is 42.6 Å². The van der Waals surface area contributed by atoms with E-state index >= 15 is 0 Å². The first-order chi connectivity index (χ1) is 11.1. The van der Waals surface area contributed by atoms with E-state index in [2.05, 4.69) is 48.5 Å². The monoisotopic (exact) mass is 311 g/mol. The Morgan fingerprint density at radius 3 is 2.74 bits per heavy atom. The number of hydrogen-bond acceptors (Lipinski definition) is 3. The molecule has 4 nitrogen and oxygen atoms in total. The van der Waals surface area contributed by atoms with Gasteiger partial charge in [-0.3, -0.25) is 9.78 Å². The zero-order valence-corrected chi connectivity index (χ0v) is 14.1. The Morgan fingerprint density at radius 1 is 1.22 bits per heavy atom. The minimum absolute atomic E-state index is 0.126. The van der Waals surface area contributed by atoms with E-state index in [1.54, 1.807) is 12.3 Å². The van der Waals surface area contributed by atoms with Crippen molar-refractivity contribution < 1.29 is 4.79 Å². The number of amides is 1. The van der Waals surface area contributed by atoms with Crippen molar-refractivity contribution in [1.29, 1.82) is 0 Å². The molecule has 0 aliphatic heterocycles. The fourth-order valence-electron chi connectivity index (χ4n) is 2.37. The summed E-state index contributed by atoms with van der Waals surface area (Å²) in [7, 11) is 0. The van der Waals surface area contributed by atoms with Crippen molar-refractivity contribution in [1.82, 2.24) is 10.3 Å². The molecule has 0 unspecified atom stereocenters. The van der Waals surface area contributed by atoms with Crippen LogP contribution >= 0.6 is 0 Å². The zero-order chi connectivity index (χ0) is 16.7. The Labute approximate surface area is 138 Å². The lowest BCUT2D eigenvalue weighted by Crippen LogP contribution is -2.25. The Morgan fingerprint density at radius 2 is 2.00 bits per heavy atom. The lowest BCUT2D eigenvalue weighted by atomic mass is 10.0. The molecule has 0 saturated heterocycles. The average Bonchev–Trinajstić information content (AvgIpc) is 2.55. The summed E-state index contributed by atoms with van der Waals surface area (Å²) in [5.41, 5.74) is 3.62. The van der Waals surface area contributed by atoms with Crippen molar-refractivity contribution in [2.75, 3.05) is 11.9 Å². The minimum Gasteiger partial charge on any atom is -0.355 e. The lowest BCUT2D eigenvalue weighted by molar-refractivity contribution is 0.0948. The summed E-state index contributed by atoms with van der Waals surface area (Å²) in [6, 6.07) is 11.9. The molecule has 0 saturated carbocycles. The van der Waals surface area contributed by atoms with Gasteiger partial charge < -0.3 is 10.6 Å². The third kappa shape index (κ3) is 4.81. The second-order valence-corrected chi connectivity index (χ2v) is 5.91. The molecule has 1 heterocycles. The molecule has 2 aromatic rings. The highest BCUT2D eigenvalue weighted by molar-refractivity contribution is 5.93. The first-order valence-electron chi connectivity index (χ1n) is 8.22. The van der Waals surface area contributed by atoms with Crippen LogP contribution in [0.2, 0.25) is 0 Å². The zero-order valence-electron chi connectivity index (χ0n) is 14.1. The van der Waals surface area contributed by atoms with Crippen LogP contribution in [0.5, 0.6) is 0 Å². The van der Waals surface area contributed by atoms with E-state index in [0.717, 1.165) is 24.2 Å². The lowest BCUT2D eigenvalue weighted by Gasteiger charge is -2.15. The maximum Gasteiger partial charge on any atom is 0.269 e. The van der Waals surface area contributed by atoms with E-state index in [1.165, 1.54) is 5.56 Å². The Hall–Kier alpha value is -2.36. The van der Waals surface area contributed by atoms with E-state index < -0.39 is 0 Å². The van der Waals surface area contributed by atoms with Gasteiger partial charge in [-0.2, -0.15) is 0 Å². The second-order valence-electron chi connectivity index (χ2n) is 5.91. The third-order valence-electron chi connectivity index (χ3n) is 3.67. The number of carbonyl (C=O) groups is 1. The van der Waals surface area contributed by atoms with E-state index in [0.29, 0.717) is 18.2 Å². The van der Waals surface area contributed by atoms with Gasteiger partial charge in [0, 0.05) is 24.1 Å². The van der Waals surface area contributed by atoms with Gasteiger partial charge in [-0.05, 0) is 36.1 Å². The summed E-state index contributed by atoms with van der Waals surface area (Å²) in [5, 5.41) is 6.29. The Bertz CT molecular complexity index is 653. The van der Waals surface area contributed by atoms with Gasteiger partial charge in [0.1, 0.15) is 5.69 Å². The van der Waals surface area contributed by atoms with E-state index in [9.17, 15) is 4.79 Å². The molecule has 0 radical (unpaired) electrons. The number of nitrogens with zero attached hydrogens (tertiary/aromatic N) is 1. The van der Waals surface area contributed by atoms with Gasteiger partial charge in [0.05, 0.1) is 0 Å². The first-order valence-corrected chi connectivity index (χ1v) is 8.22. The standard InChI is InChI=1S/C19H25N3O/c1-4-5-11-21-19(23)18-13-15(10-12-20-18)22-17-9-7-6-8-16(17)14(2)3/h6-10,12-14H,4-5,11H2,1-3H3,(H,20,22)(H,21,23). The third-order valence-corrected chi connectivity index (χ3v) is 3.67. The molecular formula is C19H25N3O. The van der Waals surface area contributed by atoms with Crippen LogP contribution in [-0.2, 0) is 0 Å². The number of anilines is 2. The van der Waals surface area contributed by atoms with Gasteiger partial charge in [0.15, 0.2) is 0 Å². The Balaban J connectivity index is 2.13. The van der Waals surface area contributed by atoms with Crippen molar-refractivity contribution in [2.45, 2.75) is 39.5 Å². The molecule has 2 rings (SSSR count). The molecule has 23 heavy (non-hydrogen) atoms. The molecule has 1 amide bonds. The number of carbonyl (C=O) groups excluding carboxylic acids is 1. The van der Waals surface area contributed by atoms with E-state index in [-0.39, 0.29) is 5.91 Å². The van der Waals surface area contributed by atoms with E-state index in [1.807, 2.05) is 18.2 Å². The highest BCUT2D eigenvalue weighted by Crippen LogP contribution is 2.26. The van der Waals surface area contributed by atoms with Crippen molar-refractivity contribution in [3.05, 3.63) is 53.9 Å². The summed E-state index contributed by atoms with van der Waals surface area (Å²) < 4.78 is 0. The number of nitrogens with one attached hydrogen (secondary N) is 2. The van der Waals surface area contributed by atoms with Gasteiger partial charge in [-0.15, -0.1) is 0 Å². The SMILES string of the molecule is CCCCNC(=O)c1cc(Nc2ccccc2C(C)C)ccn1. The summed E-state index contributed by atoms with van der Waals surface area (Å²) in [6.07, 6.45) is 3.70. The van der Waals surface area contributed by atoms with Crippen LogP contribution in [0.1, 0.15) is 55.6 Å². The summed E-state index contributed by atoms with van der Waals surface area (Å²) >= 11 is 0. The number of rotatable bonds is 7. The Kier molecular flexibility index (Phi) is 6.15. The molecular weight excluding hydrogens is 286 g/mol. The maximum absolute atomic E-state index is 12.1. The predicted octanol–water partition coefficient (Wildman–Crippen LogP) is 4.48. The van der Waals surface area contributed by atoms with Gasteiger partial charge in [-0.25, -0.2) is 0 Å². The fraction of sp³-hybridized carbons (Fsp3) is 0.368. The molecule has 122 valence electrons. The van der Waals surface area contributed by atoms with Crippen molar-refractivity contribution in [3.8, 4) is 0 Å². The second kappa shape index (κ2) is 8.32. The van der Waals surface area contributed by atoms with Crippen LogP contribution in [0.25, 0.3) is 0 Å². The molecule has 1 aromatic carbocycles. The molecule has 0 aliphatic rings. The smallest absolute Gasteiger partial charge is 0.269 e. The van der Waals surface area contributed by atoms with Crippen molar-refractivity contribution in [2.24, 2.45) is 0 Å².